The van der Waals surface area contributed by atoms with Crippen LogP contribution in [0.3, 0.4) is 0 Å². The number of alkyl halides is 3. The fourth-order valence-electron chi connectivity index (χ4n) is 1.50. The van der Waals surface area contributed by atoms with Crippen molar-refractivity contribution in [2.75, 3.05) is 19.0 Å². The highest BCUT2D eigenvalue weighted by atomic mass is 19.4. The number of ether oxygens (including phenoxy) is 1. The minimum Gasteiger partial charge on any atom is -0.490 e. The molecule has 9 heteroatoms. The molecule has 20 heavy (non-hydrogen) atoms. The van der Waals surface area contributed by atoms with E-state index in [9.17, 15) is 27.7 Å². The Kier molecular flexibility index (Phi) is 5.12. The van der Waals surface area contributed by atoms with Crippen molar-refractivity contribution in [2.45, 2.75) is 19.0 Å². The van der Waals surface area contributed by atoms with Gasteiger partial charge in [0.15, 0.2) is 11.6 Å². The molecule has 0 aliphatic heterocycles. The Morgan fingerprint density at radius 1 is 1.40 bits per heavy atom. The van der Waals surface area contributed by atoms with Crippen molar-refractivity contribution >= 4 is 11.4 Å². The van der Waals surface area contributed by atoms with Gasteiger partial charge in [-0.1, -0.05) is 0 Å². The highest BCUT2D eigenvalue weighted by molar-refractivity contribution is 5.59. The van der Waals surface area contributed by atoms with E-state index in [0.29, 0.717) is 6.07 Å². The van der Waals surface area contributed by atoms with Gasteiger partial charge in [-0.25, -0.2) is 4.39 Å². The Labute approximate surface area is 111 Å². The van der Waals surface area contributed by atoms with E-state index in [0.717, 1.165) is 6.07 Å². The third kappa shape index (κ3) is 4.56. The number of anilines is 1. The monoisotopic (exact) mass is 296 g/mol. The molecule has 5 nitrogen and oxygen atoms in total. The van der Waals surface area contributed by atoms with Gasteiger partial charge in [-0.15, -0.1) is 0 Å². The van der Waals surface area contributed by atoms with E-state index in [1.165, 1.54) is 7.11 Å². The second-order valence-electron chi connectivity index (χ2n) is 3.91. The SMILES string of the molecule is COc1cc(NCCCC(F)(F)F)c(F)cc1[N+](=O)[O-]. The highest BCUT2D eigenvalue weighted by Crippen LogP contribution is 2.32. The zero-order chi connectivity index (χ0) is 15.3. The summed E-state index contributed by atoms with van der Waals surface area (Å²) in [6, 6.07) is 1.70. The van der Waals surface area contributed by atoms with Gasteiger partial charge in [0.1, 0.15) is 0 Å². The van der Waals surface area contributed by atoms with Crippen LogP contribution in [0.25, 0.3) is 0 Å². The average Bonchev–Trinajstić information content (AvgIpc) is 2.34. The fourth-order valence-corrected chi connectivity index (χ4v) is 1.50. The van der Waals surface area contributed by atoms with Crippen LogP contribution >= 0.6 is 0 Å². The predicted octanol–water partition coefficient (Wildman–Crippen LogP) is 3.50. The van der Waals surface area contributed by atoms with Gasteiger partial charge in [0.05, 0.1) is 23.8 Å². The Hall–Kier alpha value is -2.06. The molecule has 0 atom stereocenters. The van der Waals surface area contributed by atoms with Crippen LogP contribution in [0.1, 0.15) is 12.8 Å². The maximum Gasteiger partial charge on any atom is 0.389 e. The Balaban J connectivity index is 2.74. The highest BCUT2D eigenvalue weighted by Gasteiger charge is 2.26. The van der Waals surface area contributed by atoms with Crippen LogP contribution in [0, 0.1) is 15.9 Å². The largest absolute Gasteiger partial charge is 0.490 e. The van der Waals surface area contributed by atoms with Crippen molar-refractivity contribution in [2.24, 2.45) is 0 Å². The van der Waals surface area contributed by atoms with Gasteiger partial charge in [-0.05, 0) is 6.42 Å². The number of methoxy groups -OCH3 is 1. The first kappa shape index (κ1) is 16.0. The number of halogens is 4. The van der Waals surface area contributed by atoms with Crippen LogP contribution in [0.5, 0.6) is 5.75 Å². The first-order chi connectivity index (χ1) is 9.24. The van der Waals surface area contributed by atoms with Gasteiger partial charge in [-0.2, -0.15) is 13.2 Å². The molecule has 1 N–H and O–H groups in total. The van der Waals surface area contributed by atoms with Crippen LogP contribution in [-0.2, 0) is 0 Å². The maximum atomic E-state index is 13.5. The molecular formula is C11H12F4N2O3. The lowest BCUT2D eigenvalue weighted by Crippen LogP contribution is -2.11. The summed E-state index contributed by atoms with van der Waals surface area (Å²) in [6.07, 6.45) is -5.50. The third-order valence-electron chi connectivity index (χ3n) is 2.42. The zero-order valence-electron chi connectivity index (χ0n) is 10.5. The molecule has 0 saturated heterocycles. The summed E-state index contributed by atoms with van der Waals surface area (Å²) in [6.45, 7) is -0.114. The normalized spacial score (nSPS) is 11.2. The summed E-state index contributed by atoms with van der Waals surface area (Å²) in [4.78, 5) is 9.82. The summed E-state index contributed by atoms with van der Waals surface area (Å²) >= 11 is 0. The van der Waals surface area contributed by atoms with Crippen LogP contribution < -0.4 is 10.1 Å². The van der Waals surface area contributed by atoms with E-state index in [1.54, 1.807) is 0 Å². The molecule has 0 bridgehead atoms. The number of nitrogens with zero attached hydrogens (tertiary/aromatic N) is 1. The van der Waals surface area contributed by atoms with Gasteiger partial charge < -0.3 is 10.1 Å². The Morgan fingerprint density at radius 3 is 2.55 bits per heavy atom. The molecule has 0 aliphatic rings. The minimum absolute atomic E-state index is 0.114. The van der Waals surface area contributed by atoms with Crippen molar-refractivity contribution in [1.82, 2.24) is 0 Å². The molecule has 0 amide bonds. The van der Waals surface area contributed by atoms with E-state index < -0.39 is 29.0 Å². The van der Waals surface area contributed by atoms with E-state index in [-0.39, 0.29) is 24.4 Å². The van der Waals surface area contributed by atoms with E-state index in [1.807, 2.05) is 0 Å². The van der Waals surface area contributed by atoms with E-state index in [4.69, 9.17) is 4.74 Å². The molecule has 0 saturated carbocycles. The first-order valence-corrected chi connectivity index (χ1v) is 5.57. The van der Waals surface area contributed by atoms with Gasteiger partial charge in [-0.3, -0.25) is 10.1 Å². The number of nitrogens with one attached hydrogen (secondary N) is 1. The molecular weight excluding hydrogens is 284 g/mol. The van der Waals surface area contributed by atoms with E-state index in [2.05, 4.69) is 5.32 Å². The van der Waals surface area contributed by atoms with Crippen molar-refractivity contribution in [1.29, 1.82) is 0 Å². The summed E-state index contributed by atoms with van der Waals surface area (Å²) in [5.41, 5.74) is -0.694. The maximum absolute atomic E-state index is 13.5. The number of rotatable bonds is 6. The molecule has 0 radical (unpaired) electrons. The van der Waals surface area contributed by atoms with Crippen LogP contribution in [0.2, 0.25) is 0 Å². The average molecular weight is 296 g/mol. The van der Waals surface area contributed by atoms with Gasteiger partial charge in [0, 0.05) is 19.0 Å². The molecule has 0 aliphatic carbocycles. The Morgan fingerprint density at radius 2 is 2.05 bits per heavy atom. The summed E-state index contributed by atoms with van der Waals surface area (Å²) in [7, 11) is 1.17. The lowest BCUT2D eigenvalue weighted by atomic mass is 10.2. The molecule has 1 aromatic rings. The number of hydrogen-bond donors (Lipinski definition) is 1. The standard InChI is InChI=1S/C11H12F4N2O3/c1-20-10-6-8(7(12)5-9(10)17(18)19)16-4-2-3-11(13,14)15/h5-6,16H,2-4H2,1H3. The summed E-state index contributed by atoms with van der Waals surface area (Å²) in [5.74, 6) is -1.10. The quantitative estimate of drug-likeness (QED) is 0.378. The fraction of sp³-hybridized carbons (Fsp3) is 0.455. The number of nitro groups is 1. The molecule has 1 rings (SSSR count). The number of benzene rings is 1. The van der Waals surface area contributed by atoms with Crippen LogP contribution in [0.15, 0.2) is 12.1 Å². The number of hydrogen-bond acceptors (Lipinski definition) is 4. The predicted molar refractivity (Wildman–Crippen MR) is 63.4 cm³/mol. The molecule has 0 fully saturated rings. The Bertz CT molecular complexity index is 491. The minimum atomic E-state index is -4.27. The zero-order valence-corrected chi connectivity index (χ0v) is 10.5. The molecule has 1 aromatic carbocycles. The summed E-state index contributed by atoms with van der Waals surface area (Å²) < 4.78 is 54.1. The second-order valence-corrected chi connectivity index (χ2v) is 3.91. The molecule has 0 spiro atoms. The molecule has 0 unspecified atom stereocenters. The van der Waals surface area contributed by atoms with Crippen LogP contribution in [0.4, 0.5) is 28.9 Å². The molecule has 112 valence electrons. The lowest BCUT2D eigenvalue weighted by Gasteiger charge is -2.10. The van der Waals surface area contributed by atoms with Crippen molar-refractivity contribution in [3.63, 3.8) is 0 Å². The van der Waals surface area contributed by atoms with Crippen LogP contribution in [-0.4, -0.2) is 24.8 Å². The van der Waals surface area contributed by atoms with Crippen molar-refractivity contribution in [3.8, 4) is 5.75 Å². The second kappa shape index (κ2) is 6.40. The first-order valence-electron chi connectivity index (χ1n) is 5.57. The molecule has 0 aromatic heterocycles. The lowest BCUT2D eigenvalue weighted by molar-refractivity contribution is -0.385. The molecule has 0 heterocycles. The summed E-state index contributed by atoms with van der Waals surface area (Å²) in [5, 5.41) is 13.1. The van der Waals surface area contributed by atoms with Crippen molar-refractivity contribution in [3.05, 3.63) is 28.1 Å². The van der Waals surface area contributed by atoms with Gasteiger partial charge in [0.2, 0.25) is 0 Å². The number of nitro benzene ring substituents is 1. The smallest absolute Gasteiger partial charge is 0.389 e. The van der Waals surface area contributed by atoms with E-state index >= 15 is 0 Å². The van der Waals surface area contributed by atoms with Gasteiger partial charge >= 0.3 is 11.9 Å². The van der Waals surface area contributed by atoms with Crippen molar-refractivity contribution < 1.29 is 27.2 Å². The van der Waals surface area contributed by atoms with Gasteiger partial charge in [0.25, 0.3) is 0 Å². The third-order valence-corrected chi connectivity index (χ3v) is 2.42. The topological polar surface area (TPSA) is 64.4 Å².